The molecule has 0 aliphatic rings. The van der Waals surface area contributed by atoms with Gasteiger partial charge in [-0.3, -0.25) is 14.4 Å². The first-order chi connectivity index (χ1) is 28.5. The van der Waals surface area contributed by atoms with E-state index >= 15 is 0 Å². The van der Waals surface area contributed by atoms with E-state index in [1.165, 1.54) is 135 Å². The van der Waals surface area contributed by atoms with Gasteiger partial charge >= 0.3 is 17.9 Å². The van der Waals surface area contributed by atoms with Crippen LogP contribution < -0.4 is 0 Å². The topological polar surface area (TPSA) is 78.9 Å². The Morgan fingerprint density at radius 3 is 1.05 bits per heavy atom. The summed E-state index contributed by atoms with van der Waals surface area (Å²) in [5.74, 6) is -0.919. The molecule has 1 atom stereocenters. The summed E-state index contributed by atoms with van der Waals surface area (Å²) in [6.07, 6.45) is 55.2. The molecule has 58 heavy (non-hydrogen) atoms. The highest BCUT2D eigenvalue weighted by Gasteiger charge is 2.19. The fourth-order valence-electron chi connectivity index (χ4n) is 6.98. The quantitative estimate of drug-likeness (QED) is 0.0264. The molecule has 0 amide bonds. The lowest BCUT2D eigenvalue weighted by Crippen LogP contribution is -2.30. The Kier molecular flexibility index (Phi) is 44.9. The molecule has 0 aliphatic carbocycles. The van der Waals surface area contributed by atoms with E-state index in [2.05, 4.69) is 32.9 Å². The molecule has 0 aromatic carbocycles. The van der Waals surface area contributed by atoms with E-state index < -0.39 is 6.10 Å². The molecule has 6 heteroatoms. The molecule has 0 aliphatic heterocycles. The lowest BCUT2D eigenvalue weighted by Gasteiger charge is -2.18. The van der Waals surface area contributed by atoms with E-state index in [0.717, 1.165) is 70.6 Å². The third-order valence-electron chi connectivity index (χ3n) is 10.7. The number of hydrogen-bond donors (Lipinski definition) is 0. The van der Waals surface area contributed by atoms with E-state index in [4.69, 9.17) is 14.2 Å². The molecular formula is C52H92O6. The zero-order valence-electron chi connectivity index (χ0n) is 38.3. The molecule has 6 nitrogen and oxygen atoms in total. The number of hydrogen-bond acceptors (Lipinski definition) is 6. The number of ether oxygens (including phenoxy) is 3. The smallest absolute Gasteiger partial charge is 0.306 e. The number of carbonyl (C=O) groups excluding carboxylic acids is 3. The molecule has 0 bridgehead atoms. The van der Waals surface area contributed by atoms with Gasteiger partial charge in [0.2, 0.25) is 0 Å². The van der Waals surface area contributed by atoms with Crippen LogP contribution in [0.2, 0.25) is 0 Å². The summed E-state index contributed by atoms with van der Waals surface area (Å²) in [6, 6.07) is 0. The van der Waals surface area contributed by atoms with Gasteiger partial charge in [0.25, 0.3) is 0 Å². The van der Waals surface area contributed by atoms with Gasteiger partial charge in [-0.05, 0) is 38.5 Å². The maximum atomic E-state index is 12.7. The molecular weight excluding hydrogens is 721 g/mol. The van der Waals surface area contributed by atoms with E-state index in [0.29, 0.717) is 12.8 Å². The zero-order chi connectivity index (χ0) is 42.3. The summed E-state index contributed by atoms with van der Waals surface area (Å²) >= 11 is 0. The van der Waals surface area contributed by atoms with Crippen LogP contribution in [0, 0.1) is 0 Å². The highest BCUT2D eigenvalue weighted by Crippen LogP contribution is 2.16. The molecule has 0 heterocycles. The average molecular weight is 813 g/mol. The van der Waals surface area contributed by atoms with Crippen LogP contribution in [0.5, 0.6) is 0 Å². The Morgan fingerprint density at radius 1 is 0.362 bits per heavy atom. The highest BCUT2D eigenvalue weighted by atomic mass is 16.6. The van der Waals surface area contributed by atoms with E-state index in [1.54, 1.807) is 0 Å². The predicted octanol–water partition coefficient (Wildman–Crippen LogP) is 15.9. The largest absolute Gasteiger partial charge is 0.462 e. The molecule has 0 radical (unpaired) electrons. The van der Waals surface area contributed by atoms with Gasteiger partial charge in [-0.15, -0.1) is 0 Å². The van der Waals surface area contributed by atoms with Crippen LogP contribution in [0.1, 0.15) is 245 Å². The highest BCUT2D eigenvalue weighted by molar-refractivity contribution is 5.71. The molecule has 0 N–H and O–H groups in total. The molecule has 0 spiro atoms. The summed E-state index contributed by atoms with van der Waals surface area (Å²) in [5.41, 5.74) is 0. The molecule has 1 unspecified atom stereocenters. The van der Waals surface area contributed by atoms with Crippen molar-refractivity contribution in [1.82, 2.24) is 0 Å². The van der Waals surface area contributed by atoms with Gasteiger partial charge in [-0.25, -0.2) is 0 Å². The normalized spacial score (nSPS) is 12.4. The molecule has 0 rings (SSSR count). The fourth-order valence-corrected chi connectivity index (χ4v) is 6.98. The van der Waals surface area contributed by atoms with Crippen molar-refractivity contribution in [1.29, 1.82) is 0 Å². The average Bonchev–Trinajstić information content (AvgIpc) is 3.22. The first-order valence-electron chi connectivity index (χ1n) is 24.7. The molecule has 0 fully saturated rings. The third kappa shape index (κ3) is 44.5. The first kappa shape index (κ1) is 55.4. The number of rotatable bonds is 44. The number of esters is 3. The lowest BCUT2D eigenvalue weighted by molar-refractivity contribution is -0.167. The summed E-state index contributed by atoms with van der Waals surface area (Å²) < 4.78 is 16.7. The molecule has 0 saturated heterocycles. The van der Waals surface area contributed by atoms with Crippen molar-refractivity contribution >= 4 is 17.9 Å². The lowest BCUT2D eigenvalue weighted by atomic mass is 10.0. The molecule has 0 aromatic rings. The Morgan fingerprint density at radius 2 is 0.672 bits per heavy atom. The second-order valence-corrected chi connectivity index (χ2v) is 16.5. The summed E-state index contributed by atoms with van der Waals surface area (Å²) in [6.45, 7) is 6.47. The van der Waals surface area contributed by atoms with Gasteiger partial charge < -0.3 is 14.2 Å². The van der Waals surface area contributed by atoms with Crippen molar-refractivity contribution in [2.45, 2.75) is 252 Å². The minimum atomic E-state index is -0.787. The minimum Gasteiger partial charge on any atom is -0.462 e. The SMILES string of the molecule is CC\C=C/C=C\C=C/C=C\CCCCCC(=O)OC(COC(=O)CCCCCCCCCCCCC)COC(=O)CCCCCCCCCCCCCCCCCC. The van der Waals surface area contributed by atoms with Gasteiger partial charge in [0.05, 0.1) is 0 Å². The number of carbonyl (C=O) groups is 3. The van der Waals surface area contributed by atoms with Crippen LogP contribution in [-0.2, 0) is 28.6 Å². The predicted molar refractivity (Wildman–Crippen MR) is 247 cm³/mol. The van der Waals surface area contributed by atoms with Crippen molar-refractivity contribution in [2.24, 2.45) is 0 Å². The van der Waals surface area contributed by atoms with Crippen molar-refractivity contribution in [3.05, 3.63) is 48.6 Å². The van der Waals surface area contributed by atoms with Gasteiger partial charge in [0.1, 0.15) is 13.2 Å². The van der Waals surface area contributed by atoms with Gasteiger partial charge in [0, 0.05) is 19.3 Å². The van der Waals surface area contributed by atoms with Crippen LogP contribution in [0.4, 0.5) is 0 Å². The van der Waals surface area contributed by atoms with E-state index in [1.807, 2.05) is 36.5 Å². The maximum Gasteiger partial charge on any atom is 0.306 e. The standard InChI is InChI=1S/C52H92O6/c1-4-7-10-13-16-19-22-24-25-26-28-30-33-36-39-42-45-51(54)57-48-49(47-56-50(53)44-41-38-35-32-29-21-18-15-12-9-6-3)58-52(55)46-43-40-37-34-31-27-23-20-17-14-11-8-5-2/h8,11,14,17,20,23,27,31,49H,4-7,9-10,12-13,15-16,18-19,21-22,24-26,28-30,32-48H2,1-3H3/b11-8-,17-14-,23-20-,31-27-. The van der Waals surface area contributed by atoms with E-state index in [-0.39, 0.29) is 37.5 Å². The third-order valence-corrected chi connectivity index (χ3v) is 10.7. The second-order valence-electron chi connectivity index (χ2n) is 16.5. The molecule has 336 valence electrons. The Balaban J connectivity index is 4.38. The van der Waals surface area contributed by atoms with Crippen molar-refractivity contribution in [2.75, 3.05) is 13.2 Å². The number of unbranched alkanes of at least 4 members (excludes halogenated alkanes) is 28. The monoisotopic (exact) mass is 813 g/mol. The molecule has 0 aromatic heterocycles. The Labute approximate surface area is 358 Å². The van der Waals surface area contributed by atoms with Crippen LogP contribution in [0.3, 0.4) is 0 Å². The Hall–Kier alpha value is -2.63. The zero-order valence-corrected chi connectivity index (χ0v) is 38.3. The van der Waals surface area contributed by atoms with Crippen molar-refractivity contribution < 1.29 is 28.6 Å². The van der Waals surface area contributed by atoms with Crippen molar-refractivity contribution in [3.8, 4) is 0 Å². The van der Waals surface area contributed by atoms with Gasteiger partial charge in [0.15, 0.2) is 6.10 Å². The maximum absolute atomic E-state index is 12.7. The Bertz CT molecular complexity index is 1030. The molecule has 0 saturated carbocycles. The van der Waals surface area contributed by atoms with Crippen LogP contribution in [0.25, 0.3) is 0 Å². The summed E-state index contributed by atoms with van der Waals surface area (Å²) in [5, 5.41) is 0. The van der Waals surface area contributed by atoms with E-state index in [9.17, 15) is 14.4 Å². The van der Waals surface area contributed by atoms with Gasteiger partial charge in [-0.1, -0.05) is 236 Å². The van der Waals surface area contributed by atoms with Crippen LogP contribution in [0.15, 0.2) is 48.6 Å². The second kappa shape index (κ2) is 47.1. The number of allylic oxidation sites excluding steroid dienone is 8. The van der Waals surface area contributed by atoms with Crippen LogP contribution in [-0.4, -0.2) is 37.2 Å². The van der Waals surface area contributed by atoms with Crippen molar-refractivity contribution in [3.63, 3.8) is 0 Å². The summed E-state index contributed by atoms with van der Waals surface area (Å²) in [4.78, 5) is 37.8. The van der Waals surface area contributed by atoms with Crippen LogP contribution >= 0.6 is 0 Å². The first-order valence-corrected chi connectivity index (χ1v) is 24.7. The summed E-state index contributed by atoms with van der Waals surface area (Å²) in [7, 11) is 0. The van der Waals surface area contributed by atoms with Gasteiger partial charge in [-0.2, -0.15) is 0 Å². The fraction of sp³-hybridized carbons (Fsp3) is 0.788. The minimum absolute atomic E-state index is 0.0858.